The van der Waals surface area contributed by atoms with Crippen LogP contribution in [0.3, 0.4) is 0 Å². The minimum Gasteiger partial charge on any atom is -0.481 e. The summed E-state index contributed by atoms with van der Waals surface area (Å²) in [6.07, 6.45) is 12.3. The van der Waals surface area contributed by atoms with Gasteiger partial charge in [0.25, 0.3) is 0 Å². The fourth-order valence-electron chi connectivity index (χ4n) is 4.45. The Hall–Kier alpha value is -1.89. The second-order valence-corrected chi connectivity index (χ2v) is 8.58. The van der Waals surface area contributed by atoms with Crippen molar-refractivity contribution in [2.24, 2.45) is 17.8 Å². The quantitative estimate of drug-likeness (QED) is 0.227. The largest absolute Gasteiger partial charge is 0.481 e. The lowest BCUT2D eigenvalue weighted by molar-refractivity contribution is -0.137. The number of unbranched alkanes of at least 4 members (excludes halogenated alkanes) is 3. The van der Waals surface area contributed by atoms with Gasteiger partial charge in [-0.1, -0.05) is 31.9 Å². The van der Waals surface area contributed by atoms with E-state index in [1.54, 1.807) is 6.92 Å². The Morgan fingerprint density at radius 2 is 1.73 bits per heavy atom. The van der Waals surface area contributed by atoms with E-state index in [9.17, 15) is 14.4 Å². The van der Waals surface area contributed by atoms with E-state index in [2.05, 4.69) is 29.7 Å². The monoisotopic (exact) mass is 422 g/mol. The van der Waals surface area contributed by atoms with Gasteiger partial charge in [0, 0.05) is 25.4 Å². The molecule has 2 amide bonds. The van der Waals surface area contributed by atoms with Crippen molar-refractivity contribution < 1.29 is 24.2 Å². The van der Waals surface area contributed by atoms with Gasteiger partial charge in [0.2, 0.25) is 11.8 Å². The number of fused-ring (bicyclic) bond motifs is 2. The smallest absolute Gasteiger partial charge is 0.303 e. The van der Waals surface area contributed by atoms with Gasteiger partial charge in [0.1, 0.15) is 5.92 Å². The Bertz CT molecular complexity index is 606. The van der Waals surface area contributed by atoms with Crippen LogP contribution in [-0.2, 0) is 19.1 Å². The molecule has 0 aromatic rings. The van der Waals surface area contributed by atoms with E-state index in [0.717, 1.165) is 44.9 Å². The van der Waals surface area contributed by atoms with E-state index in [1.807, 2.05) is 0 Å². The first-order valence-electron chi connectivity index (χ1n) is 11.5. The van der Waals surface area contributed by atoms with Crippen LogP contribution in [0.5, 0.6) is 0 Å². The number of carboxylic acid groups (broad SMARTS) is 1. The van der Waals surface area contributed by atoms with Crippen LogP contribution in [-0.4, -0.2) is 48.2 Å². The SMILES string of the molecule is CCCCCNC(=O)C(C)C(=O)NC[C@H]1[C@@H](CC=CCCCC(=O)O)[C@H]2CC[C@@H]1O2. The van der Waals surface area contributed by atoms with Crippen molar-refractivity contribution in [1.82, 2.24) is 10.6 Å². The normalized spacial score (nSPS) is 26.1. The summed E-state index contributed by atoms with van der Waals surface area (Å²) in [5.41, 5.74) is 0. The van der Waals surface area contributed by atoms with Gasteiger partial charge < -0.3 is 20.5 Å². The molecule has 2 heterocycles. The molecule has 2 aliphatic heterocycles. The molecule has 1 unspecified atom stereocenters. The topological polar surface area (TPSA) is 105 Å². The van der Waals surface area contributed by atoms with Crippen molar-refractivity contribution in [3.05, 3.63) is 12.2 Å². The van der Waals surface area contributed by atoms with E-state index < -0.39 is 11.9 Å². The molecular weight excluding hydrogens is 384 g/mol. The molecule has 5 atom stereocenters. The lowest BCUT2D eigenvalue weighted by Gasteiger charge is -2.27. The third-order valence-corrected chi connectivity index (χ3v) is 6.30. The molecule has 30 heavy (non-hydrogen) atoms. The number of rotatable bonds is 14. The average molecular weight is 423 g/mol. The molecule has 3 N–H and O–H groups in total. The molecule has 0 spiro atoms. The Kier molecular flexibility index (Phi) is 10.3. The van der Waals surface area contributed by atoms with Gasteiger partial charge in [-0.2, -0.15) is 0 Å². The number of nitrogens with one attached hydrogen (secondary N) is 2. The zero-order valence-corrected chi connectivity index (χ0v) is 18.4. The number of carbonyl (C=O) groups is 3. The highest BCUT2D eigenvalue weighted by molar-refractivity contribution is 5.99. The lowest BCUT2D eigenvalue weighted by atomic mass is 9.77. The fourth-order valence-corrected chi connectivity index (χ4v) is 4.45. The number of aliphatic carboxylic acids is 1. The summed E-state index contributed by atoms with van der Waals surface area (Å²) in [7, 11) is 0. The van der Waals surface area contributed by atoms with Crippen molar-refractivity contribution in [3.63, 3.8) is 0 Å². The third-order valence-electron chi connectivity index (χ3n) is 6.30. The molecule has 170 valence electrons. The standard InChI is InChI=1S/C23H38N2O5/c1-3-4-9-14-24-22(28)16(2)23(29)25-15-18-17(19-12-13-20(18)30-19)10-7-5-6-8-11-21(26)27/h5,7,16-20H,3-4,6,8-15H2,1-2H3,(H,24,28)(H,25,29)(H,26,27)/t16?,17-,18+,19-,20+/m1/s1. The summed E-state index contributed by atoms with van der Waals surface area (Å²) in [4.78, 5) is 35.2. The van der Waals surface area contributed by atoms with Gasteiger partial charge >= 0.3 is 5.97 Å². The maximum absolute atomic E-state index is 12.5. The second-order valence-electron chi connectivity index (χ2n) is 8.58. The zero-order valence-electron chi connectivity index (χ0n) is 18.4. The summed E-state index contributed by atoms with van der Waals surface area (Å²) in [5, 5.41) is 14.5. The van der Waals surface area contributed by atoms with Crippen molar-refractivity contribution >= 4 is 17.8 Å². The van der Waals surface area contributed by atoms with E-state index in [-0.39, 0.29) is 36.4 Å². The van der Waals surface area contributed by atoms with Gasteiger partial charge in [0.15, 0.2) is 0 Å². The Morgan fingerprint density at radius 3 is 2.43 bits per heavy atom. The zero-order chi connectivity index (χ0) is 21.9. The molecular formula is C23H38N2O5. The summed E-state index contributed by atoms with van der Waals surface area (Å²) in [6.45, 7) is 4.91. The summed E-state index contributed by atoms with van der Waals surface area (Å²) in [6, 6.07) is 0. The lowest BCUT2D eigenvalue weighted by Crippen LogP contribution is -2.44. The van der Waals surface area contributed by atoms with Crippen LogP contribution < -0.4 is 10.6 Å². The maximum atomic E-state index is 12.5. The number of allylic oxidation sites excluding steroid dienone is 2. The highest BCUT2D eigenvalue weighted by atomic mass is 16.5. The Labute approximate surface area is 180 Å². The molecule has 7 nitrogen and oxygen atoms in total. The van der Waals surface area contributed by atoms with Crippen LogP contribution in [0.15, 0.2) is 12.2 Å². The third kappa shape index (κ3) is 7.42. The van der Waals surface area contributed by atoms with Crippen molar-refractivity contribution in [1.29, 1.82) is 0 Å². The number of ether oxygens (including phenoxy) is 1. The number of carboxylic acids is 1. The van der Waals surface area contributed by atoms with Gasteiger partial charge in [0.05, 0.1) is 12.2 Å². The summed E-state index contributed by atoms with van der Waals surface area (Å²) in [5.74, 6) is -1.28. The van der Waals surface area contributed by atoms with Crippen molar-refractivity contribution in [3.8, 4) is 0 Å². The van der Waals surface area contributed by atoms with Crippen LogP contribution in [0.1, 0.15) is 71.6 Å². The minimum absolute atomic E-state index is 0.180. The molecule has 7 heteroatoms. The predicted molar refractivity (Wildman–Crippen MR) is 115 cm³/mol. The average Bonchev–Trinajstić information content (AvgIpc) is 3.32. The van der Waals surface area contributed by atoms with Crippen molar-refractivity contribution in [2.45, 2.75) is 83.8 Å². The molecule has 2 saturated heterocycles. The first-order chi connectivity index (χ1) is 14.4. The molecule has 2 bridgehead atoms. The number of carbonyl (C=O) groups excluding carboxylic acids is 2. The van der Waals surface area contributed by atoms with Crippen LogP contribution in [0.4, 0.5) is 0 Å². The minimum atomic E-state index is -0.760. The van der Waals surface area contributed by atoms with Gasteiger partial charge in [-0.25, -0.2) is 0 Å². The highest BCUT2D eigenvalue weighted by Crippen LogP contribution is 2.44. The summed E-state index contributed by atoms with van der Waals surface area (Å²) < 4.78 is 6.08. The highest BCUT2D eigenvalue weighted by Gasteiger charge is 2.48. The number of hydrogen-bond donors (Lipinski definition) is 3. The Morgan fingerprint density at radius 1 is 1.03 bits per heavy atom. The maximum Gasteiger partial charge on any atom is 0.303 e. The van der Waals surface area contributed by atoms with Crippen LogP contribution >= 0.6 is 0 Å². The van der Waals surface area contributed by atoms with E-state index in [0.29, 0.717) is 25.4 Å². The molecule has 2 fully saturated rings. The first-order valence-corrected chi connectivity index (χ1v) is 11.5. The fraction of sp³-hybridized carbons (Fsp3) is 0.783. The van der Waals surface area contributed by atoms with Crippen LogP contribution in [0.25, 0.3) is 0 Å². The molecule has 0 radical (unpaired) electrons. The van der Waals surface area contributed by atoms with E-state index >= 15 is 0 Å². The molecule has 0 aromatic heterocycles. The van der Waals surface area contributed by atoms with Crippen LogP contribution in [0.2, 0.25) is 0 Å². The molecule has 0 aliphatic carbocycles. The Balaban J connectivity index is 1.75. The second kappa shape index (κ2) is 12.7. The molecule has 2 aliphatic rings. The predicted octanol–water partition coefficient (Wildman–Crippen LogP) is 3.04. The molecule has 0 saturated carbocycles. The van der Waals surface area contributed by atoms with Crippen molar-refractivity contribution in [2.75, 3.05) is 13.1 Å². The number of amides is 2. The van der Waals surface area contributed by atoms with Gasteiger partial charge in [-0.3, -0.25) is 14.4 Å². The number of hydrogen-bond acceptors (Lipinski definition) is 4. The van der Waals surface area contributed by atoms with E-state index in [4.69, 9.17) is 9.84 Å². The van der Waals surface area contributed by atoms with Crippen LogP contribution in [0, 0.1) is 17.8 Å². The van der Waals surface area contributed by atoms with Gasteiger partial charge in [-0.05, 0) is 51.4 Å². The van der Waals surface area contributed by atoms with E-state index in [1.165, 1.54) is 0 Å². The van der Waals surface area contributed by atoms with Gasteiger partial charge in [-0.15, -0.1) is 0 Å². The first kappa shape index (κ1) is 24.4. The molecule has 0 aromatic carbocycles. The molecule has 2 rings (SSSR count). The summed E-state index contributed by atoms with van der Waals surface area (Å²) >= 11 is 0.